The van der Waals surface area contributed by atoms with E-state index < -0.39 is 77.1 Å². The van der Waals surface area contributed by atoms with Crippen LogP contribution in [0.2, 0.25) is 0 Å². The smallest absolute Gasteiger partial charge is 0.421 e. The second kappa shape index (κ2) is 20.0. The number of phenols is 1. The minimum Gasteiger partial charge on any atom is -0.508 e. The van der Waals surface area contributed by atoms with Crippen LogP contribution in [0.5, 0.6) is 11.5 Å². The molecule has 15 heteroatoms. The molecular weight excluding hydrogens is 929 g/mol. The molecule has 2 fully saturated rings. The Hall–Kier alpha value is -9.10. The monoisotopic (exact) mass is 974 g/mol. The number of aromatic hydroxyl groups is 1. The molecule has 10 rings (SSSR count). The van der Waals surface area contributed by atoms with E-state index in [0.29, 0.717) is 44.7 Å². The number of esters is 1. The summed E-state index contributed by atoms with van der Waals surface area (Å²) in [7, 11) is 1.56. The van der Waals surface area contributed by atoms with Crippen LogP contribution in [0, 0.1) is 27.9 Å². The Kier molecular flexibility index (Phi) is 13.0. The van der Waals surface area contributed by atoms with Gasteiger partial charge in [-0.05, 0) is 100 Å². The van der Waals surface area contributed by atoms with Crippen LogP contribution in [-0.2, 0) is 35.9 Å². The summed E-state index contributed by atoms with van der Waals surface area (Å²) in [6, 6.07) is 46.9. The first kappa shape index (κ1) is 47.6. The predicted octanol–water partition coefficient (Wildman–Crippen LogP) is 8.56. The third kappa shape index (κ3) is 8.79. The highest BCUT2D eigenvalue weighted by molar-refractivity contribution is 6.23. The number of non-ortho nitro benzene ring substituents is 1. The lowest BCUT2D eigenvalue weighted by molar-refractivity contribution is -0.384. The SMILES string of the molecule is COc1ccc(C#Cc2ccc3c(c2)[C@]2(C(=O)N3C(=O)OCc3ccc([N+](=O)[O-])cc3)[C@H](c3ccc(O)cc3)N3[C@H](c4ccccc4)[C@H](c4ccccc4)OC(=O)[C@H]3[C@@H]2C(=O)NC[C@H](O)c2ccccc2)cc1. The van der Waals surface area contributed by atoms with Crippen molar-refractivity contribution in [1.29, 1.82) is 0 Å². The van der Waals surface area contributed by atoms with Gasteiger partial charge in [-0.3, -0.25) is 29.4 Å². The zero-order chi connectivity index (χ0) is 50.8. The normalized spacial score (nSPS) is 21.2. The van der Waals surface area contributed by atoms with Crippen molar-refractivity contribution in [1.82, 2.24) is 10.2 Å². The van der Waals surface area contributed by atoms with E-state index in [2.05, 4.69) is 17.2 Å². The van der Waals surface area contributed by atoms with Gasteiger partial charge in [0, 0.05) is 29.8 Å². The van der Waals surface area contributed by atoms with E-state index in [1.54, 1.807) is 92.0 Å². The molecule has 364 valence electrons. The van der Waals surface area contributed by atoms with E-state index in [-0.39, 0.29) is 29.2 Å². The number of aliphatic hydroxyl groups is 1. The molecule has 73 heavy (non-hydrogen) atoms. The van der Waals surface area contributed by atoms with Gasteiger partial charge in [0.25, 0.3) is 5.69 Å². The summed E-state index contributed by atoms with van der Waals surface area (Å²) in [4.78, 5) is 76.1. The molecule has 3 aliphatic rings. The summed E-state index contributed by atoms with van der Waals surface area (Å²) in [5, 5.41) is 36.6. The number of ether oxygens (including phenoxy) is 3. The van der Waals surface area contributed by atoms with Crippen LogP contribution in [0.15, 0.2) is 182 Å². The number of nitrogens with one attached hydrogen (secondary N) is 1. The van der Waals surface area contributed by atoms with Crippen molar-refractivity contribution in [2.24, 2.45) is 5.92 Å². The van der Waals surface area contributed by atoms with E-state index in [1.165, 1.54) is 36.4 Å². The minimum absolute atomic E-state index is 0.0451. The molecule has 3 amide bonds. The van der Waals surface area contributed by atoms with Crippen molar-refractivity contribution in [3.05, 3.63) is 237 Å². The quantitative estimate of drug-likeness (QED) is 0.0484. The van der Waals surface area contributed by atoms with Crippen LogP contribution in [0.3, 0.4) is 0 Å². The zero-order valence-electron chi connectivity index (χ0n) is 39.1. The summed E-state index contributed by atoms with van der Waals surface area (Å²) >= 11 is 0. The van der Waals surface area contributed by atoms with Gasteiger partial charge in [0.05, 0.1) is 41.8 Å². The van der Waals surface area contributed by atoms with Crippen LogP contribution in [0.4, 0.5) is 16.2 Å². The number of nitro benzene ring substituents is 1. The number of phenolic OH excluding ortho intramolecular Hbond substituents is 1. The van der Waals surface area contributed by atoms with Crippen LogP contribution < -0.4 is 15.0 Å². The summed E-state index contributed by atoms with van der Waals surface area (Å²) in [6.07, 6.45) is -3.33. The predicted molar refractivity (Wildman–Crippen MR) is 267 cm³/mol. The molecule has 15 nitrogen and oxygen atoms in total. The van der Waals surface area contributed by atoms with Crippen LogP contribution in [-0.4, -0.2) is 63.6 Å². The molecule has 0 aliphatic carbocycles. The zero-order valence-corrected chi connectivity index (χ0v) is 39.1. The molecule has 3 N–H and O–H groups in total. The average Bonchev–Trinajstić information content (AvgIpc) is 3.88. The van der Waals surface area contributed by atoms with Crippen LogP contribution in [0.1, 0.15) is 68.8 Å². The standard InChI is InChI=1S/C58H46N4O11/c1-71-45-30-21-36(22-31-45)17-18-37-23-32-47-46(33-37)58(56(67)60(47)57(68)72-35-38-19-26-43(27-20-38)62(69)70)49(54(65)59-34-48(64)39-11-5-2-6-12-39)51-55(66)73-52(41-15-9-4-10-16-41)50(40-13-7-3-8-14-40)61(51)53(58)42-24-28-44(63)29-25-42/h2-16,19-33,48-53,63-64H,34-35H2,1H3,(H,59,65)/t48-,49+,50+,51+,52-,53-,58+/m0/s1. The summed E-state index contributed by atoms with van der Waals surface area (Å²) < 4.78 is 17.7. The molecule has 2 saturated heterocycles. The van der Waals surface area contributed by atoms with Crippen LogP contribution in [0.25, 0.3) is 0 Å². The van der Waals surface area contributed by atoms with Crippen molar-refractivity contribution in [3.8, 4) is 23.3 Å². The molecular formula is C58H46N4O11. The lowest BCUT2D eigenvalue weighted by atomic mass is 9.65. The fourth-order valence-electron chi connectivity index (χ4n) is 10.5. The fraction of sp³-hybridized carbons (Fsp3) is 0.172. The topological polar surface area (TPSA) is 198 Å². The van der Waals surface area contributed by atoms with Gasteiger partial charge >= 0.3 is 12.1 Å². The van der Waals surface area contributed by atoms with Crippen molar-refractivity contribution < 1.29 is 48.5 Å². The summed E-state index contributed by atoms with van der Waals surface area (Å²) in [6.45, 7) is -0.724. The Morgan fingerprint density at radius 2 is 1.38 bits per heavy atom. The number of methoxy groups -OCH3 is 1. The van der Waals surface area contributed by atoms with Gasteiger partial charge < -0.3 is 29.7 Å². The highest BCUT2D eigenvalue weighted by Crippen LogP contribution is 2.66. The number of benzene rings is 7. The molecule has 0 aromatic heterocycles. The maximum absolute atomic E-state index is 16.5. The fourth-order valence-corrected chi connectivity index (χ4v) is 10.5. The number of nitrogens with zero attached hydrogens (tertiary/aromatic N) is 3. The Balaban J connectivity index is 1.21. The first-order valence-electron chi connectivity index (χ1n) is 23.4. The van der Waals surface area contributed by atoms with Gasteiger partial charge in [-0.15, -0.1) is 0 Å². The van der Waals surface area contributed by atoms with E-state index in [4.69, 9.17) is 14.2 Å². The lowest BCUT2D eigenvalue weighted by Gasteiger charge is -2.46. The van der Waals surface area contributed by atoms with E-state index >= 15 is 14.4 Å². The van der Waals surface area contributed by atoms with Gasteiger partial charge in [0.2, 0.25) is 11.8 Å². The Labute approximate surface area is 419 Å². The summed E-state index contributed by atoms with van der Waals surface area (Å²) in [5.74, 6) is 2.66. The number of hydrogen-bond acceptors (Lipinski definition) is 12. The van der Waals surface area contributed by atoms with Crippen molar-refractivity contribution >= 4 is 35.3 Å². The number of morpholine rings is 1. The number of anilines is 1. The molecule has 7 atom stereocenters. The van der Waals surface area contributed by atoms with Crippen LogP contribution >= 0.6 is 0 Å². The summed E-state index contributed by atoms with van der Waals surface area (Å²) in [5.41, 5.74) is 1.47. The number of carbonyl (C=O) groups is 4. The number of amides is 3. The van der Waals surface area contributed by atoms with Gasteiger partial charge in [-0.25, -0.2) is 9.69 Å². The molecule has 7 aromatic carbocycles. The number of aliphatic hydroxyl groups excluding tert-OH is 1. The Morgan fingerprint density at radius 3 is 2.03 bits per heavy atom. The highest BCUT2D eigenvalue weighted by atomic mass is 16.6. The van der Waals surface area contributed by atoms with Gasteiger partial charge in [0.1, 0.15) is 35.7 Å². The molecule has 7 aromatic rings. The third-order valence-electron chi connectivity index (χ3n) is 13.7. The Morgan fingerprint density at radius 1 is 0.767 bits per heavy atom. The molecule has 3 aliphatic heterocycles. The second-order valence-electron chi connectivity index (χ2n) is 17.9. The van der Waals surface area contributed by atoms with Crippen molar-refractivity contribution in [2.45, 2.75) is 42.4 Å². The van der Waals surface area contributed by atoms with Gasteiger partial charge in [-0.1, -0.05) is 115 Å². The highest BCUT2D eigenvalue weighted by Gasteiger charge is 2.75. The van der Waals surface area contributed by atoms with Gasteiger partial charge in [-0.2, -0.15) is 0 Å². The van der Waals surface area contributed by atoms with E-state index in [1.807, 2.05) is 65.6 Å². The maximum atomic E-state index is 16.5. The first-order valence-corrected chi connectivity index (χ1v) is 23.4. The lowest BCUT2D eigenvalue weighted by Crippen LogP contribution is -2.56. The molecule has 1 spiro atoms. The van der Waals surface area contributed by atoms with E-state index in [9.17, 15) is 25.1 Å². The number of rotatable bonds is 11. The van der Waals surface area contributed by atoms with Crippen molar-refractivity contribution in [2.75, 3.05) is 18.6 Å². The van der Waals surface area contributed by atoms with Gasteiger partial charge in [0.15, 0.2) is 0 Å². The number of nitro groups is 1. The molecule has 0 unspecified atom stereocenters. The number of cyclic esters (lactones) is 1. The van der Waals surface area contributed by atoms with E-state index in [0.717, 1.165) is 4.90 Å². The second-order valence-corrected chi connectivity index (χ2v) is 17.9. The Bertz CT molecular complexity index is 3270. The first-order chi connectivity index (χ1) is 35.5. The number of imide groups is 1. The molecule has 3 heterocycles. The maximum Gasteiger partial charge on any atom is 0.421 e. The third-order valence-corrected chi connectivity index (χ3v) is 13.7. The largest absolute Gasteiger partial charge is 0.508 e. The molecule has 0 bridgehead atoms. The minimum atomic E-state index is -2.19. The number of hydrogen-bond donors (Lipinski definition) is 3. The number of fused-ring (bicyclic) bond motifs is 3. The molecule has 0 radical (unpaired) electrons. The molecule has 0 saturated carbocycles. The average molecular weight is 975 g/mol. The van der Waals surface area contributed by atoms with Crippen molar-refractivity contribution in [3.63, 3.8) is 0 Å². The number of carbonyl (C=O) groups excluding carboxylic acids is 4.